The lowest BCUT2D eigenvalue weighted by Gasteiger charge is -2.13. The third-order valence-corrected chi connectivity index (χ3v) is 3.14. The Hall–Kier alpha value is -2.53. The van der Waals surface area contributed by atoms with Crippen molar-refractivity contribution in [2.75, 3.05) is 19.4 Å². The first-order chi connectivity index (χ1) is 10.1. The highest BCUT2D eigenvalue weighted by molar-refractivity contribution is 5.99. The molecule has 0 bridgehead atoms. The highest BCUT2D eigenvalue weighted by atomic mass is 16.5. The number of hydrogen-bond donors (Lipinski definition) is 3. The molecule has 0 spiro atoms. The molecule has 21 heavy (non-hydrogen) atoms. The van der Waals surface area contributed by atoms with Gasteiger partial charge < -0.3 is 20.9 Å². The number of nitrogens with two attached hydrogens (primary N) is 1. The maximum Gasteiger partial charge on any atom is 0.253 e. The molecule has 0 fully saturated rings. The van der Waals surface area contributed by atoms with Gasteiger partial charge in [0.2, 0.25) is 0 Å². The zero-order chi connectivity index (χ0) is 15.2. The van der Waals surface area contributed by atoms with Gasteiger partial charge in [0.25, 0.3) is 5.91 Å². The second-order valence-electron chi connectivity index (χ2n) is 4.59. The van der Waals surface area contributed by atoms with Crippen molar-refractivity contribution in [1.82, 2.24) is 5.32 Å². The van der Waals surface area contributed by atoms with E-state index in [1.54, 1.807) is 30.3 Å². The lowest BCUT2D eigenvalue weighted by atomic mass is 10.1. The summed E-state index contributed by atoms with van der Waals surface area (Å²) in [6.07, 6.45) is -0.755. The van der Waals surface area contributed by atoms with Crippen molar-refractivity contribution < 1.29 is 14.6 Å². The Bertz CT molecular complexity index is 614. The van der Waals surface area contributed by atoms with Gasteiger partial charge in [-0.15, -0.1) is 0 Å². The lowest BCUT2D eigenvalue weighted by Crippen LogP contribution is -2.29. The van der Waals surface area contributed by atoms with E-state index in [1.165, 1.54) is 7.11 Å². The van der Waals surface area contributed by atoms with E-state index in [0.29, 0.717) is 17.0 Å². The van der Waals surface area contributed by atoms with Crippen molar-refractivity contribution in [3.05, 3.63) is 59.7 Å². The largest absolute Gasteiger partial charge is 0.497 e. The number of carbonyl (C=O) groups is 1. The summed E-state index contributed by atoms with van der Waals surface area (Å²) in [5, 5.41) is 12.7. The number of nitrogen functional groups attached to an aromatic ring is 1. The number of carbonyl (C=O) groups excluding carboxylic acids is 1. The summed E-state index contributed by atoms with van der Waals surface area (Å²) in [4.78, 5) is 12.1. The van der Waals surface area contributed by atoms with Crippen LogP contribution in [-0.4, -0.2) is 24.7 Å². The molecule has 1 atom stereocenters. The first-order valence-electron chi connectivity index (χ1n) is 6.56. The van der Waals surface area contributed by atoms with E-state index in [9.17, 15) is 9.90 Å². The fourth-order valence-electron chi connectivity index (χ4n) is 1.95. The summed E-state index contributed by atoms with van der Waals surface area (Å²) in [5.41, 5.74) is 7.25. The van der Waals surface area contributed by atoms with Gasteiger partial charge in [0, 0.05) is 18.3 Å². The Labute approximate surface area is 123 Å². The number of aliphatic hydroxyl groups is 1. The van der Waals surface area contributed by atoms with Gasteiger partial charge in [-0.2, -0.15) is 0 Å². The maximum absolute atomic E-state index is 12.1. The minimum atomic E-state index is -0.755. The van der Waals surface area contributed by atoms with Gasteiger partial charge in [-0.3, -0.25) is 4.79 Å². The summed E-state index contributed by atoms with van der Waals surface area (Å²) in [7, 11) is 1.53. The van der Waals surface area contributed by atoms with Gasteiger partial charge in [-0.05, 0) is 17.7 Å². The molecule has 0 aromatic heterocycles. The molecule has 0 heterocycles. The predicted octanol–water partition coefficient (Wildman–Crippen LogP) is 1.74. The van der Waals surface area contributed by atoms with Gasteiger partial charge in [-0.25, -0.2) is 0 Å². The van der Waals surface area contributed by atoms with E-state index in [2.05, 4.69) is 5.32 Å². The van der Waals surface area contributed by atoms with Crippen LogP contribution < -0.4 is 15.8 Å². The van der Waals surface area contributed by atoms with Crippen LogP contribution in [0.25, 0.3) is 0 Å². The fraction of sp³-hybridized carbons (Fsp3) is 0.188. The number of anilines is 1. The third kappa shape index (κ3) is 3.73. The number of methoxy groups -OCH3 is 1. The highest BCUT2D eigenvalue weighted by Crippen LogP contribution is 2.19. The third-order valence-electron chi connectivity index (χ3n) is 3.14. The number of amides is 1. The van der Waals surface area contributed by atoms with Crippen molar-refractivity contribution in [3.8, 4) is 5.75 Å². The zero-order valence-corrected chi connectivity index (χ0v) is 11.7. The Morgan fingerprint density at radius 3 is 2.62 bits per heavy atom. The van der Waals surface area contributed by atoms with Crippen LogP contribution in [0.2, 0.25) is 0 Å². The molecule has 4 N–H and O–H groups in total. The van der Waals surface area contributed by atoms with Crippen LogP contribution in [0.1, 0.15) is 22.0 Å². The minimum absolute atomic E-state index is 0.119. The van der Waals surface area contributed by atoms with Crippen molar-refractivity contribution in [2.24, 2.45) is 0 Å². The van der Waals surface area contributed by atoms with Gasteiger partial charge in [0.15, 0.2) is 0 Å². The Kier molecular flexibility index (Phi) is 4.79. The summed E-state index contributed by atoms with van der Waals surface area (Å²) >= 11 is 0. The smallest absolute Gasteiger partial charge is 0.253 e. The second kappa shape index (κ2) is 6.76. The van der Waals surface area contributed by atoms with E-state index >= 15 is 0 Å². The van der Waals surface area contributed by atoms with Crippen molar-refractivity contribution in [2.45, 2.75) is 6.10 Å². The van der Waals surface area contributed by atoms with Crippen LogP contribution in [0.4, 0.5) is 5.69 Å². The molecule has 2 aromatic rings. The summed E-state index contributed by atoms with van der Waals surface area (Å²) < 4.78 is 5.03. The Morgan fingerprint density at radius 1 is 1.29 bits per heavy atom. The summed E-state index contributed by atoms with van der Waals surface area (Å²) in [6, 6.07) is 14.0. The molecular weight excluding hydrogens is 268 g/mol. The number of rotatable bonds is 5. The number of benzene rings is 2. The van der Waals surface area contributed by atoms with Crippen LogP contribution in [0.15, 0.2) is 48.5 Å². The summed E-state index contributed by atoms with van der Waals surface area (Å²) in [5.74, 6) is 0.263. The fourth-order valence-corrected chi connectivity index (χ4v) is 1.95. The molecule has 5 heteroatoms. The molecule has 0 saturated carbocycles. The predicted molar refractivity (Wildman–Crippen MR) is 81.1 cm³/mol. The standard InChI is InChI=1S/C16H18N2O3/c1-21-12-7-8-13(14(17)9-12)16(20)18-10-15(19)11-5-3-2-4-6-11/h2-9,15,19H,10,17H2,1H3,(H,18,20). The van der Waals surface area contributed by atoms with Gasteiger partial charge in [0.1, 0.15) is 5.75 Å². The van der Waals surface area contributed by atoms with Gasteiger partial charge in [-0.1, -0.05) is 30.3 Å². The molecule has 5 nitrogen and oxygen atoms in total. The van der Waals surface area contributed by atoms with Crippen LogP contribution in [0.3, 0.4) is 0 Å². The number of hydrogen-bond acceptors (Lipinski definition) is 4. The molecule has 2 rings (SSSR count). The Morgan fingerprint density at radius 2 is 2.00 bits per heavy atom. The topological polar surface area (TPSA) is 84.6 Å². The first-order valence-corrected chi connectivity index (χ1v) is 6.56. The quantitative estimate of drug-likeness (QED) is 0.731. The second-order valence-corrected chi connectivity index (χ2v) is 4.59. The molecule has 0 radical (unpaired) electrons. The Balaban J connectivity index is 1.99. The van der Waals surface area contributed by atoms with E-state index in [0.717, 1.165) is 5.56 Å². The van der Waals surface area contributed by atoms with Crippen LogP contribution in [-0.2, 0) is 0 Å². The molecule has 1 amide bonds. The van der Waals surface area contributed by atoms with E-state index in [4.69, 9.17) is 10.5 Å². The SMILES string of the molecule is COc1ccc(C(=O)NCC(O)c2ccccc2)c(N)c1. The molecule has 0 aliphatic carbocycles. The molecule has 0 aliphatic rings. The highest BCUT2D eigenvalue weighted by Gasteiger charge is 2.13. The number of aliphatic hydroxyl groups excluding tert-OH is 1. The van der Waals surface area contributed by atoms with Crippen molar-refractivity contribution >= 4 is 11.6 Å². The van der Waals surface area contributed by atoms with Crippen molar-refractivity contribution in [3.63, 3.8) is 0 Å². The molecule has 0 saturated heterocycles. The maximum atomic E-state index is 12.1. The van der Waals surface area contributed by atoms with Crippen LogP contribution in [0, 0.1) is 0 Å². The van der Waals surface area contributed by atoms with Crippen LogP contribution in [0.5, 0.6) is 5.75 Å². The van der Waals surface area contributed by atoms with Gasteiger partial charge >= 0.3 is 0 Å². The normalized spacial score (nSPS) is 11.7. The molecule has 110 valence electrons. The molecule has 2 aromatic carbocycles. The molecule has 0 aliphatic heterocycles. The van der Waals surface area contributed by atoms with Gasteiger partial charge in [0.05, 0.1) is 18.8 Å². The molecule has 1 unspecified atom stereocenters. The average molecular weight is 286 g/mol. The number of nitrogens with one attached hydrogen (secondary N) is 1. The van der Waals surface area contributed by atoms with Crippen LogP contribution >= 0.6 is 0 Å². The minimum Gasteiger partial charge on any atom is -0.497 e. The van der Waals surface area contributed by atoms with E-state index < -0.39 is 6.10 Å². The number of ether oxygens (including phenoxy) is 1. The van der Waals surface area contributed by atoms with Crippen molar-refractivity contribution in [1.29, 1.82) is 0 Å². The monoisotopic (exact) mass is 286 g/mol. The first kappa shape index (κ1) is 14.9. The molecular formula is C16H18N2O3. The average Bonchev–Trinajstić information content (AvgIpc) is 2.52. The zero-order valence-electron chi connectivity index (χ0n) is 11.7. The lowest BCUT2D eigenvalue weighted by molar-refractivity contribution is 0.0917. The van der Waals surface area contributed by atoms with E-state index in [1.807, 2.05) is 18.2 Å². The summed E-state index contributed by atoms with van der Waals surface area (Å²) in [6.45, 7) is 0.119. The van der Waals surface area contributed by atoms with E-state index in [-0.39, 0.29) is 12.5 Å².